The van der Waals surface area contributed by atoms with Gasteiger partial charge >= 0.3 is 5.97 Å². The molecule has 0 aliphatic carbocycles. The number of hydrogen-bond donors (Lipinski definition) is 3. The number of ether oxygens (including phenoxy) is 1. The van der Waals surface area contributed by atoms with Crippen LogP contribution in [-0.2, 0) is 24.0 Å². The Morgan fingerprint density at radius 3 is 2.87 bits per heavy atom. The van der Waals surface area contributed by atoms with Gasteiger partial charge in [0, 0.05) is 23.9 Å². The van der Waals surface area contributed by atoms with Crippen LogP contribution in [0.3, 0.4) is 0 Å². The fraction of sp³-hybridized carbons (Fsp3) is 0.500. The van der Waals surface area contributed by atoms with Gasteiger partial charge in [0.1, 0.15) is 24.2 Å². The summed E-state index contributed by atoms with van der Waals surface area (Å²) in [6.45, 7) is 0.568. The van der Waals surface area contributed by atoms with Crippen molar-refractivity contribution < 1.29 is 29.1 Å². The minimum Gasteiger partial charge on any atom is -0.477 e. The third-order valence-corrected chi connectivity index (χ3v) is 6.70. The smallest absolute Gasteiger partial charge is 0.352 e. The number of amides is 2. The number of carboxylic acids is 1. The summed E-state index contributed by atoms with van der Waals surface area (Å²) in [5, 5.41) is 15.5. The molecule has 0 radical (unpaired) electrons. The number of carbonyl (C=O) groups is 3. The molecule has 2 saturated heterocycles. The van der Waals surface area contributed by atoms with E-state index in [1.54, 1.807) is 0 Å². The number of fused-ring (bicyclic) bond motifs is 1. The summed E-state index contributed by atoms with van der Waals surface area (Å²) < 4.78 is 9.55. The zero-order valence-corrected chi connectivity index (χ0v) is 17.4. The van der Waals surface area contributed by atoms with Gasteiger partial charge in [0.25, 0.3) is 11.8 Å². The van der Waals surface area contributed by atoms with Crippen molar-refractivity contribution in [1.82, 2.24) is 19.6 Å². The van der Waals surface area contributed by atoms with Crippen LogP contribution in [-0.4, -0.2) is 79.8 Å². The largest absolute Gasteiger partial charge is 0.477 e. The first kappa shape index (κ1) is 20.6. The van der Waals surface area contributed by atoms with Crippen LogP contribution in [0.4, 0.5) is 5.13 Å². The molecule has 1 aromatic heterocycles. The topological polar surface area (TPSA) is 169 Å². The number of carboxylic acid groups (broad SMARTS) is 1. The van der Waals surface area contributed by atoms with Crippen LogP contribution in [0.5, 0.6) is 0 Å². The van der Waals surface area contributed by atoms with Gasteiger partial charge < -0.3 is 25.7 Å². The van der Waals surface area contributed by atoms with E-state index in [2.05, 4.69) is 24.7 Å². The maximum Gasteiger partial charge on any atom is 0.352 e. The molecule has 12 nitrogen and oxygen atoms in total. The van der Waals surface area contributed by atoms with E-state index in [9.17, 15) is 19.5 Å². The predicted octanol–water partition coefficient (Wildman–Crippen LogP) is -0.612. The van der Waals surface area contributed by atoms with Gasteiger partial charge in [-0.15, -0.1) is 11.8 Å². The zero-order chi connectivity index (χ0) is 21.4. The number of nitrogens with two attached hydrogens (primary N) is 1. The number of nitrogen functional groups attached to an aromatic ring is 1. The van der Waals surface area contributed by atoms with Gasteiger partial charge in [0.2, 0.25) is 11.5 Å². The Hall–Kier alpha value is -2.71. The van der Waals surface area contributed by atoms with Crippen LogP contribution in [0.1, 0.15) is 18.7 Å². The lowest BCUT2D eigenvalue weighted by molar-refractivity contribution is -0.150. The molecule has 4 N–H and O–H groups in total. The SMILES string of the molecule is CO/N=C(\C(=O)N[C@@H]1C(=O)N2C(C(=O)O)=C([C@@H]3CCCO3)CS[C@H]12)c1nsc(N)n1. The van der Waals surface area contributed by atoms with Crippen molar-refractivity contribution in [3.8, 4) is 0 Å². The molecule has 3 atom stereocenters. The number of β-lactam (4-membered cyclic amide) rings is 1. The Morgan fingerprint density at radius 1 is 1.47 bits per heavy atom. The second kappa shape index (κ2) is 8.20. The Bertz CT molecular complexity index is 956. The quantitative estimate of drug-likeness (QED) is 0.286. The molecule has 3 aliphatic heterocycles. The van der Waals surface area contributed by atoms with Gasteiger partial charge in [0.15, 0.2) is 5.13 Å². The number of rotatable bonds is 6. The van der Waals surface area contributed by atoms with Crippen molar-refractivity contribution in [3.05, 3.63) is 17.1 Å². The third-order valence-electron chi connectivity index (χ3n) is 4.86. The lowest BCUT2D eigenvalue weighted by atomic mass is 9.99. The third kappa shape index (κ3) is 3.50. The Labute approximate surface area is 178 Å². The number of oxime groups is 1. The van der Waals surface area contributed by atoms with Crippen LogP contribution in [0.2, 0.25) is 0 Å². The van der Waals surface area contributed by atoms with Gasteiger partial charge in [-0.1, -0.05) is 5.16 Å². The van der Waals surface area contributed by atoms with Gasteiger partial charge in [0.05, 0.1) is 6.10 Å². The Morgan fingerprint density at radius 2 is 2.27 bits per heavy atom. The maximum atomic E-state index is 12.8. The molecule has 30 heavy (non-hydrogen) atoms. The molecule has 0 saturated carbocycles. The van der Waals surface area contributed by atoms with Crippen molar-refractivity contribution in [2.75, 3.05) is 25.2 Å². The van der Waals surface area contributed by atoms with Crippen LogP contribution in [0.25, 0.3) is 0 Å². The van der Waals surface area contributed by atoms with Crippen LogP contribution >= 0.6 is 23.3 Å². The highest BCUT2D eigenvalue weighted by molar-refractivity contribution is 8.00. The molecule has 4 rings (SSSR count). The Balaban J connectivity index is 1.53. The summed E-state index contributed by atoms with van der Waals surface area (Å²) in [5.41, 5.74) is 5.87. The van der Waals surface area contributed by atoms with E-state index in [1.165, 1.54) is 23.8 Å². The lowest BCUT2D eigenvalue weighted by Crippen LogP contribution is -2.71. The fourth-order valence-electron chi connectivity index (χ4n) is 3.56. The highest BCUT2D eigenvalue weighted by atomic mass is 32.2. The molecular formula is C16H18N6O6S2. The van der Waals surface area contributed by atoms with Crippen molar-refractivity contribution >= 4 is 51.9 Å². The standard InChI is InChI=1S/C16H18N6O6S2/c1-27-20-8(11-19-16(17)30-21-11)12(23)18-9-13(24)22-10(15(25)26)6(5-29-14(9)22)7-3-2-4-28-7/h7,9,14H,2-5H2,1H3,(H,18,23)(H,25,26)(H2,17,19,21)/b20-8-/t7-,9+,14+/m0/s1. The molecule has 0 bridgehead atoms. The van der Waals surface area contributed by atoms with E-state index < -0.39 is 29.2 Å². The summed E-state index contributed by atoms with van der Waals surface area (Å²) >= 11 is 2.26. The normalized spacial score (nSPS) is 26.3. The number of aliphatic carboxylic acids is 1. The minimum absolute atomic E-state index is 0.0245. The van der Waals surface area contributed by atoms with Crippen LogP contribution in [0.15, 0.2) is 16.4 Å². The molecule has 0 spiro atoms. The number of carbonyl (C=O) groups excluding carboxylic acids is 2. The Kier molecular flexibility index (Phi) is 5.62. The number of aromatic nitrogens is 2. The summed E-state index contributed by atoms with van der Waals surface area (Å²) in [4.78, 5) is 47.2. The number of hydrogen-bond acceptors (Lipinski definition) is 11. The molecule has 2 fully saturated rings. The summed E-state index contributed by atoms with van der Waals surface area (Å²) in [7, 11) is 1.26. The summed E-state index contributed by atoms with van der Waals surface area (Å²) in [5.74, 6) is -2.05. The molecule has 4 heterocycles. The van der Waals surface area contributed by atoms with E-state index >= 15 is 0 Å². The van der Waals surface area contributed by atoms with Crippen molar-refractivity contribution in [1.29, 1.82) is 0 Å². The predicted molar refractivity (Wildman–Crippen MR) is 107 cm³/mol. The number of thioether (sulfide) groups is 1. The number of nitrogens with zero attached hydrogens (tertiary/aromatic N) is 4. The molecule has 0 unspecified atom stereocenters. The van der Waals surface area contributed by atoms with E-state index in [0.29, 0.717) is 17.9 Å². The van der Waals surface area contributed by atoms with Gasteiger partial charge in [-0.25, -0.2) is 4.79 Å². The summed E-state index contributed by atoms with van der Waals surface area (Å²) in [6.07, 6.45) is 1.27. The van der Waals surface area contributed by atoms with Crippen LogP contribution in [0, 0.1) is 0 Å². The molecule has 14 heteroatoms. The second-order valence-electron chi connectivity index (χ2n) is 6.62. The number of nitrogens with one attached hydrogen (secondary N) is 1. The van der Waals surface area contributed by atoms with Gasteiger partial charge in [-0.3, -0.25) is 14.5 Å². The first-order valence-corrected chi connectivity index (χ1v) is 10.8. The highest BCUT2D eigenvalue weighted by Crippen LogP contribution is 2.42. The minimum atomic E-state index is -1.19. The van der Waals surface area contributed by atoms with Crippen molar-refractivity contribution in [2.45, 2.75) is 30.4 Å². The first-order chi connectivity index (χ1) is 14.4. The number of anilines is 1. The van der Waals surface area contributed by atoms with Gasteiger partial charge in [-0.05, 0) is 18.4 Å². The lowest BCUT2D eigenvalue weighted by Gasteiger charge is -2.49. The fourth-order valence-corrected chi connectivity index (χ4v) is 5.40. The monoisotopic (exact) mass is 454 g/mol. The van der Waals surface area contributed by atoms with E-state index in [-0.39, 0.29) is 28.5 Å². The molecule has 1 aromatic rings. The molecular weight excluding hydrogens is 436 g/mol. The zero-order valence-electron chi connectivity index (χ0n) is 15.7. The van der Waals surface area contributed by atoms with Crippen molar-refractivity contribution in [3.63, 3.8) is 0 Å². The molecule has 0 aromatic carbocycles. The van der Waals surface area contributed by atoms with Gasteiger partial charge in [-0.2, -0.15) is 9.36 Å². The maximum absolute atomic E-state index is 12.8. The second-order valence-corrected chi connectivity index (χ2v) is 8.51. The first-order valence-electron chi connectivity index (χ1n) is 8.96. The van der Waals surface area contributed by atoms with E-state index in [0.717, 1.165) is 24.4 Å². The molecule has 2 amide bonds. The van der Waals surface area contributed by atoms with Crippen LogP contribution < -0.4 is 11.1 Å². The highest BCUT2D eigenvalue weighted by Gasteiger charge is 2.55. The van der Waals surface area contributed by atoms with E-state index in [1.807, 2.05) is 0 Å². The van der Waals surface area contributed by atoms with Crippen molar-refractivity contribution in [2.24, 2.45) is 5.16 Å². The van der Waals surface area contributed by atoms with E-state index in [4.69, 9.17) is 10.5 Å². The average Bonchev–Trinajstić information content (AvgIpc) is 3.40. The average molecular weight is 454 g/mol. The molecule has 3 aliphatic rings. The molecule has 160 valence electrons. The summed E-state index contributed by atoms with van der Waals surface area (Å²) in [6, 6.07) is -0.916.